The molecule has 0 spiro atoms. The van der Waals surface area contributed by atoms with Gasteiger partial charge >= 0.3 is 0 Å². The van der Waals surface area contributed by atoms with Crippen molar-refractivity contribution in [2.24, 2.45) is 10.7 Å². The van der Waals surface area contributed by atoms with Gasteiger partial charge in [-0.25, -0.2) is 4.98 Å². The Kier molecular flexibility index (Phi) is 5.84. The first-order valence-electron chi connectivity index (χ1n) is 9.02. The van der Waals surface area contributed by atoms with Crippen LogP contribution in [0.3, 0.4) is 0 Å². The quantitative estimate of drug-likeness (QED) is 0.570. The monoisotopic (exact) mass is 351 g/mol. The molecule has 0 fully saturated rings. The van der Waals surface area contributed by atoms with Crippen LogP contribution in [0.5, 0.6) is 0 Å². The number of carbonyl (C=O) groups excluding carboxylic acids is 1. The fraction of sp³-hybridized carbons (Fsp3) is 0.350. The highest BCUT2D eigenvalue weighted by Crippen LogP contribution is 2.27. The average molecular weight is 351 g/mol. The van der Waals surface area contributed by atoms with Gasteiger partial charge in [-0.2, -0.15) is 0 Å². The van der Waals surface area contributed by atoms with E-state index in [0.717, 1.165) is 24.1 Å². The summed E-state index contributed by atoms with van der Waals surface area (Å²) in [4.78, 5) is 20.4. The Hall–Kier alpha value is -2.89. The van der Waals surface area contributed by atoms with Crippen LogP contribution in [-0.2, 0) is 17.6 Å². The molecule has 1 aromatic heterocycles. The summed E-state index contributed by atoms with van der Waals surface area (Å²) in [5.41, 5.74) is 10.8. The molecule has 1 heterocycles. The number of nitrogens with zero attached hydrogens (tertiary/aromatic N) is 2. The average Bonchev–Trinajstić information content (AvgIpc) is 2.64. The first-order valence-corrected chi connectivity index (χ1v) is 9.02. The van der Waals surface area contributed by atoms with E-state index in [1.54, 1.807) is 12.3 Å². The van der Waals surface area contributed by atoms with Crippen LogP contribution in [0.15, 0.2) is 41.5 Å². The van der Waals surface area contributed by atoms with E-state index < -0.39 is 0 Å². The summed E-state index contributed by atoms with van der Waals surface area (Å²) in [6.45, 7) is 2.28. The van der Waals surface area contributed by atoms with E-state index in [1.807, 2.05) is 25.1 Å². The summed E-state index contributed by atoms with van der Waals surface area (Å²) in [6.07, 6.45) is 6.61. The zero-order valence-electron chi connectivity index (χ0n) is 15.1. The van der Waals surface area contributed by atoms with Crippen LogP contribution in [0.2, 0.25) is 0 Å². The van der Waals surface area contributed by atoms with Gasteiger partial charge < -0.3 is 16.4 Å². The van der Waals surface area contributed by atoms with Crippen LogP contribution in [0.4, 0.5) is 11.5 Å². The molecule has 0 aliphatic heterocycles. The minimum Gasteiger partial charge on any atom is -0.370 e. The first kappa shape index (κ1) is 17.9. The lowest BCUT2D eigenvalue weighted by Gasteiger charge is -2.19. The molecule has 0 saturated carbocycles. The van der Waals surface area contributed by atoms with Crippen LogP contribution in [-0.4, -0.2) is 23.4 Å². The van der Waals surface area contributed by atoms with Gasteiger partial charge in [0.25, 0.3) is 0 Å². The van der Waals surface area contributed by atoms with E-state index in [1.165, 1.54) is 24.0 Å². The molecule has 1 aliphatic rings. The molecule has 26 heavy (non-hydrogen) atoms. The minimum absolute atomic E-state index is 0.130. The van der Waals surface area contributed by atoms with Crippen molar-refractivity contribution in [1.29, 1.82) is 0 Å². The minimum atomic E-state index is -0.130. The van der Waals surface area contributed by atoms with Crippen molar-refractivity contribution in [2.45, 2.75) is 39.0 Å². The number of pyridine rings is 1. The molecule has 1 aromatic carbocycles. The van der Waals surface area contributed by atoms with Gasteiger partial charge in [-0.15, -0.1) is 0 Å². The first-order chi connectivity index (χ1) is 12.6. The van der Waals surface area contributed by atoms with Gasteiger partial charge in [0.15, 0.2) is 5.96 Å². The molecule has 0 saturated heterocycles. The number of amides is 1. The maximum Gasteiger partial charge on any atom is 0.227 e. The highest BCUT2D eigenvalue weighted by Gasteiger charge is 2.13. The van der Waals surface area contributed by atoms with E-state index >= 15 is 0 Å². The van der Waals surface area contributed by atoms with E-state index in [2.05, 4.69) is 26.7 Å². The molecule has 4 N–H and O–H groups in total. The Morgan fingerprint density at radius 3 is 2.85 bits per heavy atom. The number of nitrogens with one attached hydrogen (secondary N) is 2. The highest BCUT2D eigenvalue weighted by atomic mass is 16.1. The van der Waals surface area contributed by atoms with Crippen molar-refractivity contribution in [2.75, 3.05) is 17.2 Å². The summed E-state index contributed by atoms with van der Waals surface area (Å²) >= 11 is 0. The largest absolute Gasteiger partial charge is 0.370 e. The van der Waals surface area contributed by atoms with E-state index in [9.17, 15) is 4.79 Å². The summed E-state index contributed by atoms with van der Waals surface area (Å²) in [7, 11) is 0. The summed E-state index contributed by atoms with van der Waals surface area (Å²) in [5.74, 6) is 0.756. The number of hydrogen-bond acceptors (Lipinski definition) is 3. The van der Waals surface area contributed by atoms with Gasteiger partial charge in [-0.1, -0.05) is 18.2 Å². The molecular weight excluding hydrogens is 326 g/mol. The number of benzene rings is 1. The number of guanidine groups is 1. The van der Waals surface area contributed by atoms with E-state index in [4.69, 9.17) is 5.73 Å². The van der Waals surface area contributed by atoms with Gasteiger partial charge in [-0.3, -0.25) is 9.79 Å². The van der Waals surface area contributed by atoms with Crippen molar-refractivity contribution in [3.63, 3.8) is 0 Å². The normalized spacial score (nSPS) is 13.8. The number of rotatable bonds is 5. The number of anilines is 2. The van der Waals surface area contributed by atoms with Crippen LogP contribution in [0, 0.1) is 6.92 Å². The number of aryl methyl sites for hydroxylation is 2. The molecule has 3 rings (SSSR count). The molecule has 6 heteroatoms. The smallest absolute Gasteiger partial charge is 0.227 e. The maximum atomic E-state index is 11.9. The van der Waals surface area contributed by atoms with Crippen LogP contribution < -0.4 is 16.4 Å². The molecule has 136 valence electrons. The van der Waals surface area contributed by atoms with Crippen LogP contribution in [0.1, 0.15) is 36.0 Å². The molecule has 0 bridgehead atoms. The Balaban J connectivity index is 1.51. The standard InChI is InChI=1S/C20H25N5O/c1-14-9-10-18(23-13-14)25-19(26)11-12-22-20(21)24-17-8-4-6-15-5-2-3-7-16(15)17/h4,6,8-10,13H,2-3,5,7,11-12H2,1H3,(H3,21,22,24)(H,23,25,26). The van der Waals surface area contributed by atoms with Crippen molar-refractivity contribution in [3.05, 3.63) is 53.2 Å². The fourth-order valence-electron chi connectivity index (χ4n) is 3.10. The second-order valence-electron chi connectivity index (χ2n) is 6.56. The third-order valence-electron chi connectivity index (χ3n) is 4.46. The number of carbonyl (C=O) groups is 1. The lowest BCUT2D eigenvalue weighted by atomic mass is 9.90. The second-order valence-corrected chi connectivity index (χ2v) is 6.56. The summed E-state index contributed by atoms with van der Waals surface area (Å²) < 4.78 is 0. The van der Waals surface area contributed by atoms with E-state index in [-0.39, 0.29) is 12.3 Å². The molecule has 1 amide bonds. The Labute approximate surface area is 153 Å². The zero-order valence-corrected chi connectivity index (χ0v) is 15.1. The van der Waals surface area contributed by atoms with Crippen molar-refractivity contribution in [3.8, 4) is 0 Å². The maximum absolute atomic E-state index is 11.9. The predicted molar refractivity (Wildman–Crippen MR) is 105 cm³/mol. The molecule has 6 nitrogen and oxygen atoms in total. The van der Waals surface area contributed by atoms with Crippen molar-refractivity contribution < 1.29 is 4.79 Å². The topological polar surface area (TPSA) is 92.4 Å². The van der Waals surface area contributed by atoms with Gasteiger partial charge in [0.2, 0.25) is 5.91 Å². The number of fused-ring (bicyclic) bond motifs is 1. The fourth-order valence-corrected chi connectivity index (χ4v) is 3.10. The van der Waals surface area contributed by atoms with Gasteiger partial charge in [-0.05, 0) is 61.4 Å². The molecule has 2 aromatic rings. The molecule has 0 atom stereocenters. The zero-order chi connectivity index (χ0) is 18.4. The predicted octanol–water partition coefficient (Wildman–Crippen LogP) is 3.02. The summed E-state index contributed by atoms with van der Waals surface area (Å²) in [6, 6.07) is 9.94. The number of aliphatic imine (C=N–C) groups is 1. The lowest BCUT2D eigenvalue weighted by molar-refractivity contribution is -0.116. The third kappa shape index (κ3) is 4.81. The Morgan fingerprint density at radius 1 is 1.19 bits per heavy atom. The molecular formula is C20H25N5O. The van der Waals surface area contributed by atoms with Gasteiger partial charge in [0.05, 0.1) is 6.54 Å². The summed E-state index contributed by atoms with van der Waals surface area (Å²) in [5, 5.41) is 5.94. The van der Waals surface area contributed by atoms with Crippen LogP contribution in [0.25, 0.3) is 0 Å². The van der Waals surface area contributed by atoms with Crippen molar-refractivity contribution >= 4 is 23.4 Å². The van der Waals surface area contributed by atoms with Crippen LogP contribution >= 0.6 is 0 Å². The van der Waals surface area contributed by atoms with Gasteiger partial charge in [0.1, 0.15) is 5.82 Å². The number of hydrogen-bond donors (Lipinski definition) is 3. The Bertz CT molecular complexity index is 798. The lowest BCUT2D eigenvalue weighted by Crippen LogP contribution is -2.25. The highest BCUT2D eigenvalue weighted by molar-refractivity contribution is 5.94. The Morgan fingerprint density at radius 2 is 2.04 bits per heavy atom. The number of nitrogens with two attached hydrogens (primary N) is 1. The van der Waals surface area contributed by atoms with Gasteiger partial charge in [0, 0.05) is 18.3 Å². The SMILES string of the molecule is Cc1ccc(NC(=O)CCN=C(N)Nc2cccc3c2CCCC3)nc1. The second kappa shape index (κ2) is 8.47. The molecule has 0 radical (unpaired) electrons. The number of aromatic nitrogens is 1. The van der Waals surface area contributed by atoms with Crippen molar-refractivity contribution in [1.82, 2.24) is 4.98 Å². The van der Waals surface area contributed by atoms with E-state index in [0.29, 0.717) is 18.3 Å². The third-order valence-corrected chi connectivity index (χ3v) is 4.46. The molecule has 1 aliphatic carbocycles. The molecule has 0 unspecified atom stereocenters.